The minimum atomic E-state index is 0.544. The van der Waals surface area contributed by atoms with Gasteiger partial charge in [0.1, 0.15) is 0 Å². The van der Waals surface area contributed by atoms with Crippen LogP contribution in [0.25, 0.3) is 17.5 Å². The predicted octanol–water partition coefficient (Wildman–Crippen LogP) is 2.62. The Bertz CT molecular complexity index is 553. The van der Waals surface area contributed by atoms with Crippen molar-refractivity contribution in [1.29, 1.82) is 0 Å². The molecule has 0 saturated heterocycles. The van der Waals surface area contributed by atoms with Crippen molar-refractivity contribution in [3.05, 3.63) is 41.8 Å². The highest BCUT2D eigenvalue weighted by atomic mass is 16.5. The second kappa shape index (κ2) is 4.74. The van der Waals surface area contributed by atoms with Crippen molar-refractivity contribution < 1.29 is 4.52 Å². The standard InChI is InChI=1S/C14H15N3O/c15-9-11-3-6-12(7-4-11)14-16-13(18-17-14)8-5-10-1-2-10/h3-8,10H,1-2,9,15H2/b8-5+. The van der Waals surface area contributed by atoms with Crippen LogP contribution in [0.15, 0.2) is 34.9 Å². The third-order valence-electron chi connectivity index (χ3n) is 3.02. The molecule has 0 spiro atoms. The first-order chi connectivity index (χ1) is 8.85. The van der Waals surface area contributed by atoms with Crippen molar-refractivity contribution in [2.24, 2.45) is 11.7 Å². The van der Waals surface area contributed by atoms with Crippen LogP contribution in [0.2, 0.25) is 0 Å². The molecule has 1 heterocycles. The zero-order chi connectivity index (χ0) is 12.4. The normalized spacial score (nSPS) is 15.4. The van der Waals surface area contributed by atoms with Gasteiger partial charge >= 0.3 is 0 Å². The lowest BCUT2D eigenvalue weighted by atomic mass is 10.1. The van der Waals surface area contributed by atoms with E-state index in [-0.39, 0.29) is 0 Å². The maximum absolute atomic E-state index is 5.56. The lowest BCUT2D eigenvalue weighted by molar-refractivity contribution is 0.411. The van der Waals surface area contributed by atoms with E-state index in [9.17, 15) is 0 Å². The summed E-state index contributed by atoms with van der Waals surface area (Å²) in [4.78, 5) is 4.34. The average molecular weight is 241 g/mol. The molecule has 2 aromatic rings. The Morgan fingerprint density at radius 2 is 2.06 bits per heavy atom. The van der Waals surface area contributed by atoms with E-state index in [1.165, 1.54) is 12.8 Å². The monoisotopic (exact) mass is 241 g/mol. The zero-order valence-corrected chi connectivity index (χ0v) is 10.0. The van der Waals surface area contributed by atoms with Crippen molar-refractivity contribution in [3.8, 4) is 11.4 Å². The predicted molar refractivity (Wildman–Crippen MR) is 69.4 cm³/mol. The van der Waals surface area contributed by atoms with E-state index in [2.05, 4.69) is 16.2 Å². The number of hydrogen-bond acceptors (Lipinski definition) is 4. The van der Waals surface area contributed by atoms with Crippen LogP contribution in [-0.4, -0.2) is 10.1 Å². The number of nitrogens with two attached hydrogens (primary N) is 1. The van der Waals surface area contributed by atoms with Gasteiger partial charge in [0.2, 0.25) is 5.82 Å². The highest BCUT2D eigenvalue weighted by molar-refractivity contribution is 5.56. The fourth-order valence-corrected chi connectivity index (χ4v) is 1.72. The Kier molecular flexibility index (Phi) is 2.94. The highest BCUT2D eigenvalue weighted by Gasteiger charge is 2.17. The van der Waals surface area contributed by atoms with Gasteiger partial charge < -0.3 is 10.3 Å². The van der Waals surface area contributed by atoms with Gasteiger partial charge in [0.25, 0.3) is 5.89 Å². The average Bonchev–Trinajstić information content (AvgIpc) is 3.14. The molecular weight excluding hydrogens is 226 g/mol. The van der Waals surface area contributed by atoms with Crippen LogP contribution in [-0.2, 0) is 6.54 Å². The van der Waals surface area contributed by atoms with Crippen LogP contribution in [0.1, 0.15) is 24.3 Å². The number of nitrogens with zero attached hydrogens (tertiary/aromatic N) is 2. The lowest BCUT2D eigenvalue weighted by Gasteiger charge is -1.97. The molecule has 0 aliphatic heterocycles. The van der Waals surface area contributed by atoms with Crippen LogP contribution >= 0.6 is 0 Å². The topological polar surface area (TPSA) is 64.9 Å². The van der Waals surface area contributed by atoms with E-state index in [1.807, 2.05) is 30.3 Å². The van der Waals surface area contributed by atoms with Crippen molar-refractivity contribution in [2.45, 2.75) is 19.4 Å². The summed E-state index contributed by atoms with van der Waals surface area (Å²) in [6, 6.07) is 7.87. The molecule has 0 radical (unpaired) electrons. The number of allylic oxidation sites excluding steroid dienone is 1. The smallest absolute Gasteiger partial charge is 0.250 e. The van der Waals surface area contributed by atoms with Crippen molar-refractivity contribution in [1.82, 2.24) is 10.1 Å². The molecular formula is C14H15N3O. The molecule has 0 bridgehead atoms. The first kappa shape index (κ1) is 11.2. The number of aromatic nitrogens is 2. The molecule has 1 aliphatic carbocycles. The molecule has 1 fully saturated rings. The van der Waals surface area contributed by atoms with Crippen LogP contribution in [0.4, 0.5) is 0 Å². The summed E-state index contributed by atoms with van der Waals surface area (Å²) in [5.74, 6) is 1.90. The maximum Gasteiger partial charge on any atom is 0.250 e. The van der Waals surface area contributed by atoms with Crippen molar-refractivity contribution in [3.63, 3.8) is 0 Å². The van der Waals surface area contributed by atoms with Gasteiger partial charge in [0.05, 0.1) is 0 Å². The van der Waals surface area contributed by atoms with E-state index in [0.717, 1.165) is 11.1 Å². The first-order valence-electron chi connectivity index (χ1n) is 6.16. The van der Waals surface area contributed by atoms with Gasteiger partial charge in [0, 0.05) is 12.1 Å². The SMILES string of the molecule is NCc1ccc(-c2noc(/C=C/C3CC3)n2)cc1. The summed E-state index contributed by atoms with van der Waals surface area (Å²) in [6.45, 7) is 0.544. The Hall–Kier alpha value is -1.94. The molecule has 0 atom stereocenters. The van der Waals surface area contributed by atoms with Gasteiger partial charge in [-0.15, -0.1) is 0 Å². The zero-order valence-electron chi connectivity index (χ0n) is 10.0. The molecule has 0 amide bonds. The highest BCUT2D eigenvalue weighted by Crippen LogP contribution is 2.30. The summed E-state index contributed by atoms with van der Waals surface area (Å²) < 4.78 is 5.18. The number of rotatable bonds is 4. The van der Waals surface area contributed by atoms with E-state index in [0.29, 0.717) is 24.2 Å². The number of benzene rings is 1. The molecule has 1 saturated carbocycles. The van der Waals surface area contributed by atoms with Crippen LogP contribution in [0.5, 0.6) is 0 Å². The third kappa shape index (κ3) is 2.49. The third-order valence-corrected chi connectivity index (χ3v) is 3.02. The van der Waals surface area contributed by atoms with Gasteiger partial charge in [-0.1, -0.05) is 35.5 Å². The molecule has 4 heteroatoms. The molecule has 1 aromatic heterocycles. The summed E-state index contributed by atoms with van der Waals surface area (Å²) in [5, 5.41) is 3.97. The molecule has 3 rings (SSSR count). The van der Waals surface area contributed by atoms with Gasteiger partial charge in [-0.25, -0.2) is 0 Å². The molecule has 1 aromatic carbocycles. The van der Waals surface area contributed by atoms with E-state index < -0.39 is 0 Å². The Labute approximate surface area is 106 Å². The summed E-state index contributed by atoms with van der Waals surface area (Å²) in [7, 11) is 0. The second-order valence-corrected chi connectivity index (χ2v) is 4.55. The fraction of sp³-hybridized carbons (Fsp3) is 0.286. The first-order valence-corrected chi connectivity index (χ1v) is 6.16. The summed E-state index contributed by atoms with van der Waals surface area (Å²) >= 11 is 0. The molecule has 18 heavy (non-hydrogen) atoms. The van der Waals surface area contributed by atoms with Crippen molar-refractivity contribution >= 4 is 6.08 Å². The Morgan fingerprint density at radius 1 is 1.28 bits per heavy atom. The van der Waals surface area contributed by atoms with E-state index in [4.69, 9.17) is 10.3 Å². The van der Waals surface area contributed by atoms with E-state index in [1.54, 1.807) is 0 Å². The van der Waals surface area contributed by atoms with Gasteiger partial charge in [0.15, 0.2) is 0 Å². The van der Waals surface area contributed by atoms with E-state index >= 15 is 0 Å². The molecule has 2 N–H and O–H groups in total. The maximum atomic E-state index is 5.56. The Balaban J connectivity index is 1.78. The quantitative estimate of drug-likeness (QED) is 0.893. The molecule has 4 nitrogen and oxygen atoms in total. The fourth-order valence-electron chi connectivity index (χ4n) is 1.72. The van der Waals surface area contributed by atoms with Crippen LogP contribution in [0.3, 0.4) is 0 Å². The van der Waals surface area contributed by atoms with Crippen LogP contribution < -0.4 is 5.73 Å². The van der Waals surface area contributed by atoms with Gasteiger partial charge in [-0.2, -0.15) is 4.98 Å². The molecule has 92 valence electrons. The second-order valence-electron chi connectivity index (χ2n) is 4.55. The van der Waals surface area contributed by atoms with Gasteiger partial charge in [-0.3, -0.25) is 0 Å². The largest absolute Gasteiger partial charge is 0.334 e. The van der Waals surface area contributed by atoms with Crippen LogP contribution in [0, 0.1) is 5.92 Å². The molecule has 1 aliphatic rings. The number of hydrogen-bond donors (Lipinski definition) is 1. The van der Waals surface area contributed by atoms with Gasteiger partial charge in [-0.05, 0) is 30.4 Å². The van der Waals surface area contributed by atoms with Crippen molar-refractivity contribution in [2.75, 3.05) is 0 Å². The minimum Gasteiger partial charge on any atom is -0.334 e. The Morgan fingerprint density at radius 3 is 2.72 bits per heavy atom. The lowest BCUT2D eigenvalue weighted by Crippen LogP contribution is -1.95. The summed E-state index contributed by atoms with van der Waals surface area (Å²) in [6.07, 6.45) is 6.59. The molecule has 0 unspecified atom stereocenters. The minimum absolute atomic E-state index is 0.544. The summed E-state index contributed by atoms with van der Waals surface area (Å²) in [5.41, 5.74) is 7.60.